The van der Waals surface area contributed by atoms with Crippen molar-refractivity contribution in [1.29, 1.82) is 0 Å². The van der Waals surface area contributed by atoms with E-state index < -0.39 is 0 Å². The van der Waals surface area contributed by atoms with E-state index >= 15 is 0 Å². The molecule has 0 unspecified atom stereocenters. The first-order chi connectivity index (χ1) is 7.09. The smallest absolute Gasteiger partial charge is 0.333 e. The molecule has 15 heavy (non-hydrogen) atoms. The molecule has 0 bridgehead atoms. The van der Waals surface area contributed by atoms with Crippen molar-refractivity contribution < 1.29 is 9.53 Å². The number of esters is 1. The Morgan fingerprint density at radius 2 is 1.87 bits per heavy atom. The number of hydrogen-bond donors (Lipinski definition) is 1. The highest BCUT2D eigenvalue weighted by Gasteiger charge is 1.98. The van der Waals surface area contributed by atoms with E-state index in [-0.39, 0.29) is 5.97 Å². The van der Waals surface area contributed by atoms with Gasteiger partial charge in [0.25, 0.3) is 0 Å². The third-order valence-electron chi connectivity index (χ3n) is 1.68. The van der Waals surface area contributed by atoms with E-state index in [1.807, 2.05) is 0 Å². The Kier molecular flexibility index (Phi) is 14.6. The topological polar surface area (TPSA) is 52.3 Å². The third-order valence-corrected chi connectivity index (χ3v) is 1.68. The van der Waals surface area contributed by atoms with Crippen molar-refractivity contribution >= 4 is 5.97 Å². The molecular weight excluding hydrogens is 190 g/mol. The van der Waals surface area contributed by atoms with Crippen LogP contribution >= 0.6 is 0 Å². The normalized spacial score (nSPS) is 8.80. The number of ether oxygens (including phenoxy) is 1. The summed E-state index contributed by atoms with van der Waals surface area (Å²) in [6.45, 7) is 10.3. The highest BCUT2D eigenvalue weighted by molar-refractivity contribution is 5.86. The van der Waals surface area contributed by atoms with Gasteiger partial charge in [-0.25, -0.2) is 4.79 Å². The van der Waals surface area contributed by atoms with Crippen molar-refractivity contribution in [3.63, 3.8) is 0 Å². The fourth-order valence-electron chi connectivity index (χ4n) is 0.825. The standard InChI is InChI=1S/C6H15N.C6H10O2/c1-2-3-4-5-6-7;1-4-8-6(7)5(2)3/h2-7H2,1H3;2,4H2,1,3H3. The van der Waals surface area contributed by atoms with Crippen molar-refractivity contribution in [2.75, 3.05) is 13.2 Å². The fraction of sp³-hybridized carbons (Fsp3) is 0.750. The van der Waals surface area contributed by atoms with Crippen LogP contribution in [0.25, 0.3) is 0 Å². The summed E-state index contributed by atoms with van der Waals surface area (Å²) >= 11 is 0. The summed E-state index contributed by atoms with van der Waals surface area (Å²) in [5, 5.41) is 0. The van der Waals surface area contributed by atoms with Crippen LogP contribution in [0.2, 0.25) is 0 Å². The molecule has 0 saturated carbocycles. The van der Waals surface area contributed by atoms with Crippen molar-refractivity contribution in [2.24, 2.45) is 5.73 Å². The quantitative estimate of drug-likeness (QED) is 0.421. The first kappa shape index (κ1) is 16.6. The van der Waals surface area contributed by atoms with Gasteiger partial charge in [0.2, 0.25) is 0 Å². The molecule has 0 atom stereocenters. The summed E-state index contributed by atoms with van der Waals surface area (Å²) in [6, 6.07) is 0. The van der Waals surface area contributed by atoms with Crippen LogP contribution in [0.4, 0.5) is 0 Å². The van der Waals surface area contributed by atoms with Gasteiger partial charge in [-0.3, -0.25) is 0 Å². The van der Waals surface area contributed by atoms with Gasteiger partial charge in [-0.15, -0.1) is 0 Å². The summed E-state index contributed by atoms with van der Waals surface area (Å²) in [5.41, 5.74) is 5.72. The summed E-state index contributed by atoms with van der Waals surface area (Å²) in [4.78, 5) is 10.4. The van der Waals surface area contributed by atoms with E-state index in [9.17, 15) is 4.79 Å². The van der Waals surface area contributed by atoms with Crippen LogP contribution in [0.1, 0.15) is 46.5 Å². The molecule has 0 aromatic carbocycles. The second kappa shape index (κ2) is 13.2. The summed E-state index contributed by atoms with van der Waals surface area (Å²) < 4.78 is 4.56. The Balaban J connectivity index is 0. The van der Waals surface area contributed by atoms with Crippen LogP contribution in [-0.4, -0.2) is 19.1 Å². The minimum Gasteiger partial charge on any atom is -0.463 e. The van der Waals surface area contributed by atoms with Gasteiger partial charge in [-0.1, -0.05) is 32.8 Å². The number of nitrogens with two attached hydrogens (primary N) is 1. The molecular formula is C12H25NO2. The number of carbonyl (C=O) groups excluding carboxylic acids is 1. The lowest BCUT2D eigenvalue weighted by molar-refractivity contribution is -0.138. The first-order valence-corrected chi connectivity index (χ1v) is 5.62. The molecule has 0 saturated heterocycles. The number of hydrogen-bond acceptors (Lipinski definition) is 3. The van der Waals surface area contributed by atoms with Crippen LogP contribution in [-0.2, 0) is 9.53 Å². The van der Waals surface area contributed by atoms with Gasteiger partial charge in [0.05, 0.1) is 6.61 Å². The molecule has 0 rings (SSSR count). The van der Waals surface area contributed by atoms with E-state index in [0.717, 1.165) is 6.54 Å². The molecule has 0 radical (unpaired) electrons. The Hall–Kier alpha value is -0.830. The molecule has 0 aromatic rings. The number of carbonyl (C=O) groups is 1. The maximum Gasteiger partial charge on any atom is 0.333 e. The monoisotopic (exact) mass is 215 g/mol. The summed E-state index contributed by atoms with van der Waals surface area (Å²) in [7, 11) is 0. The highest BCUT2D eigenvalue weighted by atomic mass is 16.5. The van der Waals surface area contributed by atoms with Gasteiger partial charge in [0, 0.05) is 5.57 Å². The van der Waals surface area contributed by atoms with Gasteiger partial charge in [0.15, 0.2) is 0 Å². The van der Waals surface area contributed by atoms with Gasteiger partial charge in [0.1, 0.15) is 0 Å². The summed E-state index contributed by atoms with van der Waals surface area (Å²) in [5.74, 6) is -0.312. The molecule has 0 aromatic heterocycles. The average Bonchev–Trinajstić information content (AvgIpc) is 2.20. The van der Waals surface area contributed by atoms with Crippen LogP contribution in [0.3, 0.4) is 0 Å². The molecule has 0 fully saturated rings. The predicted molar refractivity (Wildman–Crippen MR) is 64.6 cm³/mol. The van der Waals surface area contributed by atoms with Crippen molar-refractivity contribution in [3.8, 4) is 0 Å². The lowest BCUT2D eigenvalue weighted by atomic mass is 10.2. The Morgan fingerprint density at radius 1 is 1.27 bits per heavy atom. The van der Waals surface area contributed by atoms with Crippen LogP contribution in [0.5, 0.6) is 0 Å². The third kappa shape index (κ3) is 15.9. The van der Waals surface area contributed by atoms with E-state index in [4.69, 9.17) is 5.73 Å². The van der Waals surface area contributed by atoms with E-state index in [1.54, 1.807) is 13.8 Å². The average molecular weight is 215 g/mol. The predicted octanol–water partition coefficient (Wildman–Crippen LogP) is 2.65. The zero-order valence-corrected chi connectivity index (χ0v) is 10.3. The second-order valence-corrected chi connectivity index (χ2v) is 3.35. The number of rotatable bonds is 6. The zero-order chi connectivity index (χ0) is 12.1. The first-order valence-electron chi connectivity index (χ1n) is 5.62. The molecule has 3 heteroatoms. The highest BCUT2D eigenvalue weighted by Crippen LogP contribution is 1.95. The van der Waals surface area contributed by atoms with Crippen molar-refractivity contribution in [1.82, 2.24) is 0 Å². The second-order valence-electron chi connectivity index (χ2n) is 3.35. The Morgan fingerprint density at radius 3 is 2.13 bits per heavy atom. The maximum atomic E-state index is 10.4. The lowest BCUT2D eigenvalue weighted by Gasteiger charge is -1.96. The van der Waals surface area contributed by atoms with Crippen LogP contribution in [0.15, 0.2) is 12.2 Å². The van der Waals surface area contributed by atoms with E-state index in [1.165, 1.54) is 25.7 Å². The van der Waals surface area contributed by atoms with Crippen LogP contribution < -0.4 is 5.73 Å². The molecule has 0 aliphatic heterocycles. The molecule has 2 N–H and O–H groups in total. The lowest BCUT2D eigenvalue weighted by Crippen LogP contribution is -2.03. The van der Waals surface area contributed by atoms with Gasteiger partial charge in [-0.2, -0.15) is 0 Å². The largest absolute Gasteiger partial charge is 0.463 e. The Labute approximate surface area is 93.7 Å². The van der Waals surface area contributed by atoms with Gasteiger partial charge >= 0.3 is 5.97 Å². The molecule has 0 aliphatic carbocycles. The van der Waals surface area contributed by atoms with Gasteiger partial charge in [-0.05, 0) is 26.8 Å². The van der Waals surface area contributed by atoms with E-state index in [2.05, 4.69) is 18.2 Å². The molecule has 0 amide bonds. The zero-order valence-electron chi connectivity index (χ0n) is 10.3. The molecule has 3 nitrogen and oxygen atoms in total. The molecule has 0 heterocycles. The Bertz CT molecular complexity index is 163. The maximum absolute atomic E-state index is 10.4. The summed E-state index contributed by atoms with van der Waals surface area (Å²) in [6.07, 6.45) is 5.16. The SMILES string of the molecule is C=C(C)C(=O)OCC.CCCCCCN. The minimum atomic E-state index is -0.312. The molecule has 0 spiro atoms. The van der Waals surface area contributed by atoms with E-state index in [0.29, 0.717) is 12.2 Å². The van der Waals surface area contributed by atoms with Crippen molar-refractivity contribution in [2.45, 2.75) is 46.5 Å². The molecule has 0 aliphatic rings. The van der Waals surface area contributed by atoms with Crippen LogP contribution in [0, 0.1) is 0 Å². The number of unbranched alkanes of at least 4 members (excludes halogenated alkanes) is 3. The molecule has 90 valence electrons. The van der Waals surface area contributed by atoms with Crippen molar-refractivity contribution in [3.05, 3.63) is 12.2 Å². The van der Waals surface area contributed by atoms with Gasteiger partial charge < -0.3 is 10.5 Å². The minimum absolute atomic E-state index is 0.312. The fourth-order valence-corrected chi connectivity index (χ4v) is 0.825.